The molecular formula is C18H21N3O. The van der Waals surface area contributed by atoms with Gasteiger partial charge in [0.05, 0.1) is 5.56 Å². The first kappa shape index (κ1) is 14.6. The number of anilines is 1. The Hall–Kier alpha value is -2.36. The van der Waals surface area contributed by atoms with Gasteiger partial charge in [-0.25, -0.2) is 4.98 Å². The molecule has 0 spiro atoms. The van der Waals surface area contributed by atoms with Crippen LogP contribution in [0.5, 0.6) is 0 Å². The molecule has 114 valence electrons. The lowest BCUT2D eigenvalue weighted by Gasteiger charge is -2.15. The molecule has 1 aliphatic carbocycles. The summed E-state index contributed by atoms with van der Waals surface area (Å²) >= 11 is 0. The summed E-state index contributed by atoms with van der Waals surface area (Å²) in [5, 5.41) is 6.32. The second-order valence-corrected chi connectivity index (χ2v) is 5.96. The first-order valence-corrected chi connectivity index (χ1v) is 7.72. The van der Waals surface area contributed by atoms with Crippen molar-refractivity contribution in [3.63, 3.8) is 0 Å². The number of rotatable bonds is 5. The number of pyridine rings is 1. The number of aryl methyl sites for hydroxylation is 1. The minimum absolute atomic E-state index is 0.0340. The zero-order valence-corrected chi connectivity index (χ0v) is 13.0. The van der Waals surface area contributed by atoms with Crippen molar-refractivity contribution in [3.8, 4) is 0 Å². The van der Waals surface area contributed by atoms with E-state index in [9.17, 15) is 4.79 Å². The Kier molecular flexibility index (Phi) is 4.09. The first-order valence-electron chi connectivity index (χ1n) is 7.72. The average molecular weight is 295 g/mol. The fourth-order valence-corrected chi connectivity index (χ4v) is 2.35. The van der Waals surface area contributed by atoms with Gasteiger partial charge in [0.15, 0.2) is 0 Å². The van der Waals surface area contributed by atoms with Crippen molar-refractivity contribution in [2.75, 3.05) is 5.32 Å². The van der Waals surface area contributed by atoms with E-state index in [1.54, 1.807) is 6.20 Å². The van der Waals surface area contributed by atoms with Gasteiger partial charge in [-0.15, -0.1) is 0 Å². The molecule has 1 unspecified atom stereocenters. The lowest BCUT2D eigenvalue weighted by Crippen LogP contribution is -2.25. The molecule has 1 saturated carbocycles. The first-order chi connectivity index (χ1) is 10.6. The highest BCUT2D eigenvalue weighted by Gasteiger charge is 2.23. The zero-order valence-electron chi connectivity index (χ0n) is 13.0. The van der Waals surface area contributed by atoms with Crippen molar-refractivity contribution in [1.29, 1.82) is 0 Å². The van der Waals surface area contributed by atoms with Crippen LogP contribution in [0.3, 0.4) is 0 Å². The smallest absolute Gasteiger partial charge is 0.253 e. The summed E-state index contributed by atoms with van der Waals surface area (Å²) in [7, 11) is 0. The van der Waals surface area contributed by atoms with Crippen LogP contribution in [-0.4, -0.2) is 16.9 Å². The highest BCUT2D eigenvalue weighted by Crippen LogP contribution is 2.20. The number of carbonyl (C=O) groups is 1. The summed E-state index contributed by atoms with van der Waals surface area (Å²) in [5.41, 5.74) is 3.07. The average Bonchev–Trinajstić information content (AvgIpc) is 3.32. The Morgan fingerprint density at radius 3 is 2.73 bits per heavy atom. The van der Waals surface area contributed by atoms with E-state index in [1.807, 2.05) is 12.1 Å². The van der Waals surface area contributed by atoms with E-state index in [2.05, 4.69) is 53.7 Å². The molecule has 0 saturated heterocycles. The zero-order chi connectivity index (χ0) is 15.5. The second kappa shape index (κ2) is 6.18. The van der Waals surface area contributed by atoms with Gasteiger partial charge in [-0.1, -0.05) is 29.8 Å². The maximum Gasteiger partial charge on any atom is 0.253 e. The van der Waals surface area contributed by atoms with Gasteiger partial charge in [-0.05, 0) is 44.4 Å². The van der Waals surface area contributed by atoms with E-state index >= 15 is 0 Å². The Bertz CT molecular complexity index is 662. The third-order valence-electron chi connectivity index (χ3n) is 3.84. The summed E-state index contributed by atoms with van der Waals surface area (Å²) in [6.07, 6.45) is 3.81. The van der Waals surface area contributed by atoms with Crippen molar-refractivity contribution >= 4 is 11.7 Å². The summed E-state index contributed by atoms with van der Waals surface area (Å²) in [6.45, 7) is 4.19. The molecule has 0 bridgehead atoms. The predicted octanol–water partition coefficient (Wildman–Crippen LogP) is 3.46. The van der Waals surface area contributed by atoms with Gasteiger partial charge in [0.25, 0.3) is 5.91 Å². The van der Waals surface area contributed by atoms with E-state index in [0.717, 1.165) is 18.7 Å². The monoisotopic (exact) mass is 295 g/mol. The van der Waals surface area contributed by atoms with Gasteiger partial charge in [0.2, 0.25) is 0 Å². The van der Waals surface area contributed by atoms with Gasteiger partial charge in [0.1, 0.15) is 5.82 Å². The summed E-state index contributed by atoms with van der Waals surface area (Å²) < 4.78 is 0. The number of amides is 1. The minimum atomic E-state index is -0.0340. The topological polar surface area (TPSA) is 54.0 Å². The maximum absolute atomic E-state index is 11.9. The molecule has 1 aromatic heterocycles. The molecule has 3 rings (SSSR count). The number of hydrogen-bond donors (Lipinski definition) is 2. The molecule has 2 N–H and O–H groups in total. The van der Waals surface area contributed by atoms with E-state index in [1.165, 1.54) is 11.1 Å². The number of hydrogen-bond acceptors (Lipinski definition) is 3. The van der Waals surface area contributed by atoms with E-state index < -0.39 is 0 Å². The molecule has 4 heteroatoms. The molecule has 1 fully saturated rings. The van der Waals surface area contributed by atoms with E-state index in [4.69, 9.17) is 0 Å². The molecule has 1 amide bonds. The third-order valence-corrected chi connectivity index (χ3v) is 3.84. The van der Waals surface area contributed by atoms with Crippen LogP contribution >= 0.6 is 0 Å². The highest BCUT2D eigenvalue weighted by molar-refractivity contribution is 5.94. The van der Waals surface area contributed by atoms with Crippen LogP contribution < -0.4 is 10.6 Å². The van der Waals surface area contributed by atoms with Crippen molar-refractivity contribution in [3.05, 3.63) is 59.3 Å². The largest absolute Gasteiger partial charge is 0.364 e. The molecule has 1 heterocycles. The molecule has 2 aromatic rings. The fourth-order valence-electron chi connectivity index (χ4n) is 2.35. The van der Waals surface area contributed by atoms with Crippen LogP contribution in [0.2, 0.25) is 0 Å². The van der Waals surface area contributed by atoms with E-state index in [0.29, 0.717) is 11.6 Å². The Labute approximate surface area is 131 Å². The molecule has 0 radical (unpaired) electrons. The number of aromatic nitrogens is 1. The summed E-state index contributed by atoms with van der Waals surface area (Å²) in [5.74, 6) is 0.741. The minimum Gasteiger partial charge on any atom is -0.364 e. The summed E-state index contributed by atoms with van der Waals surface area (Å²) in [4.78, 5) is 16.3. The molecule has 22 heavy (non-hydrogen) atoms. The summed E-state index contributed by atoms with van der Waals surface area (Å²) in [6, 6.07) is 12.6. The van der Waals surface area contributed by atoms with Crippen LogP contribution in [0.4, 0.5) is 5.82 Å². The van der Waals surface area contributed by atoms with Gasteiger partial charge < -0.3 is 10.6 Å². The van der Waals surface area contributed by atoms with Crippen molar-refractivity contribution < 1.29 is 4.79 Å². The normalized spacial score (nSPS) is 15.2. The number of carbonyl (C=O) groups excluding carboxylic acids is 1. The highest BCUT2D eigenvalue weighted by atomic mass is 16.1. The van der Waals surface area contributed by atoms with Crippen molar-refractivity contribution in [1.82, 2.24) is 10.3 Å². The van der Waals surface area contributed by atoms with Gasteiger partial charge in [-0.2, -0.15) is 0 Å². The molecule has 1 atom stereocenters. The SMILES string of the molecule is Cc1cccc(C(C)Nc2ccc(C(=O)NC3CC3)cn2)c1. The number of benzene rings is 1. The maximum atomic E-state index is 11.9. The van der Waals surface area contributed by atoms with Crippen LogP contribution in [0, 0.1) is 6.92 Å². The molecule has 1 aromatic carbocycles. The molecule has 4 nitrogen and oxygen atoms in total. The van der Waals surface area contributed by atoms with Crippen molar-refractivity contribution in [2.24, 2.45) is 0 Å². The lowest BCUT2D eigenvalue weighted by atomic mass is 10.1. The third kappa shape index (κ3) is 3.64. The molecular weight excluding hydrogens is 274 g/mol. The van der Waals surface area contributed by atoms with Crippen LogP contribution in [0.15, 0.2) is 42.6 Å². The van der Waals surface area contributed by atoms with Crippen molar-refractivity contribution in [2.45, 2.75) is 38.8 Å². The number of nitrogens with zero attached hydrogens (tertiary/aromatic N) is 1. The van der Waals surface area contributed by atoms with Gasteiger partial charge >= 0.3 is 0 Å². The van der Waals surface area contributed by atoms with Gasteiger partial charge in [-0.3, -0.25) is 4.79 Å². The Morgan fingerprint density at radius 2 is 2.09 bits per heavy atom. The standard InChI is InChI=1S/C18H21N3O/c1-12-4-3-5-14(10-12)13(2)20-17-9-6-15(11-19-17)18(22)21-16-7-8-16/h3-6,9-11,13,16H,7-8H2,1-2H3,(H,19,20)(H,21,22). The van der Waals surface area contributed by atoms with Crippen LogP contribution in [0.1, 0.15) is 47.3 Å². The second-order valence-electron chi connectivity index (χ2n) is 5.96. The lowest BCUT2D eigenvalue weighted by molar-refractivity contribution is 0.0951. The fraction of sp³-hybridized carbons (Fsp3) is 0.333. The molecule has 0 aliphatic heterocycles. The number of nitrogens with one attached hydrogen (secondary N) is 2. The van der Waals surface area contributed by atoms with Gasteiger partial charge in [0, 0.05) is 18.3 Å². The predicted molar refractivity (Wildman–Crippen MR) is 87.9 cm³/mol. The van der Waals surface area contributed by atoms with E-state index in [-0.39, 0.29) is 11.9 Å². The Balaban J connectivity index is 1.63. The van der Waals surface area contributed by atoms with Crippen LogP contribution in [0.25, 0.3) is 0 Å². The van der Waals surface area contributed by atoms with Crippen LogP contribution in [-0.2, 0) is 0 Å². The molecule has 1 aliphatic rings. The quantitative estimate of drug-likeness (QED) is 0.888. The Morgan fingerprint density at radius 1 is 1.27 bits per heavy atom.